The van der Waals surface area contributed by atoms with E-state index in [1.165, 1.54) is 0 Å². The van der Waals surface area contributed by atoms with Gasteiger partial charge in [-0.15, -0.1) is 0 Å². The van der Waals surface area contributed by atoms with E-state index < -0.39 is 12.1 Å². The van der Waals surface area contributed by atoms with Crippen LogP contribution in [0.3, 0.4) is 0 Å². The van der Waals surface area contributed by atoms with Crippen LogP contribution in [0.1, 0.15) is 26.3 Å². The van der Waals surface area contributed by atoms with Gasteiger partial charge >= 0.3 is 6.03 Å². The number of hydrogen-bond donors (Lipinski definition) is 1. The molecule has 6 nitrogen and oxygen atoms in total. The van der Waals surface area contributed by atoms with Crippen molar-refractivity contribution >= 4 is 17.6 Å². The fourth-order valence-electron chi connectivity index (χ4n) is 3.35. The fourth-order valence-corrected chi connectivity index (χ4v) is 3.35. The van der Waals surface area contributed by atoms with Crippen LogP contribution in [0.15, 0.2) is 42.5 Å². The summed E-state index contributed by atoms with van der Waals surface area (Å²) in [5.74, 6) is 1.97. The lowest BCUT2D eigenvalue weighted by atomic mass is 9.86. The summed E-state index contributed by atoms with van der Waals surface area (Å²) in [7, 11) is 0. The van der Waals surface area contributed by atoms with E-state index in [-0.39, 0.29) is 11.3 Å². The van der Waals surface area contributed by atoms with Crippen molar-refractivity contribution in [1.29, 1.82) is 0 Å². The smallest absolute Gasteiger partial charge is 0.329 e. The zero-order chi connectivity index (χ0) is 18.5. The van der Waals surface area contributed by atoms with Gasteiger partial charge in [0.15, 0.2) is 0 Å². The molecule has 4 rings (SSSR count). The van der Waals surface area contributed by atoms with Crippen molar-refractivity contribution in [1.82, 2.24) is 5.32 Å². The number of nitrogens with one attached hydrogen (secondary N) is 1. The zero-order valence-electron chi connectivity index (χ0n) is 14.9. The van der Waals surface area contributed by atoms with Gasteiger partial charge < -0.3 is 14.8 Å². The summed E-state index contributed by atoms with van der Waals surface area (Å²) in [6.07, 6.45) is 0. The van der Waals surface area contributed by atoms with Crippen LogP contribution in [0.25, 0.3) is 0 Å². The molecule has 2 aromatic rings. The first-order valence-electron chi connectivity index (χ1n) is 8.55. The predicted octanol–water partition coefficient (Wildman–Crippen LogP) is 3.59. The Hall–Kier alpha value is -3.02. The van der Waals surface area contributed by atoms with E-state index >= 15 is 0 Å². The summed E-state index contributed by atoms with van der Waals surface area (Å²) < 4.78 is 11.8. The van der Waals surface area contributed by atoms with Crippen molar-refractivity contribution in [2.75, 3.05) is 11.5 Å². The van der Waals surface area contributed by atoms with Gasteiger partial charge in [-0.3, -0.25) is 4.79 Å². The summed E-state index contributed by atoms with van der Waals surface area (Å²) >= 11 is 0. The number of urea groups is 1. The average molecular weight is 352 g/mol. The molecular weight excluding hydrogens is 332 g/mol. The first-order valence-corrected chi connectivity index (χ1v) is 8.55. The maximum Gasteiger partial charge on any atom is 0.329 e. The van der Waals surface area contributed by atoms with Crippen LogP contribution in [-0.2, 0) is 10.2 Å². The first-order chi connectivity index (χ1) is 12.4. The molecule has 2 heterocycles. The van der Waals surface area contributed by atoms with Crippen LogP contribution in [-0.4, -0.2) is 24.6 Å². The Kier molecular flexibility index (Phi) is 3.64. The van der Waals surface area contributed by atoms with E-state index in [0.29, 0.717) is 18.0 Å². The minimum Gasteiger partial charge on any atom is -0.492 e. The molecule has 1 saturated heterocycles. The summed E-state index contributed by atoms with van der Waals surface area (Å²) in [5.41, 5.74) is 1.44. The van der Waals surface area contributed by atoms with Crippen LogP contribution in [0.2, 0.25) is 0 Å². The minimum atomic E-state index is -0.507. The van der Waals surface area contributed by atoms with Gasteiger partial charge in [0.2, 0.25) is 0 Å². The van der Waals surface area contributed by atoms with Gasteiger partial charge in [0, 0.05) is 11.0 Å². The number of benzene rings is 2. The molecule has 2 aromatic carbocycles. The number of anilines is 1. The van der Waals surface area contributed by atoms with Gasteiger partial charge in [-0.2, -0.15) is 0 Å². The SMILES string of the molecule is C[C@H]1NC(=O)N(c2ccc(Oc3cccc4c3C(C)(C)CO4)cc2)C1=O. The molecule has 134 valence electrons. The number of ether oxygens (including phenoxy) is 2. The molecule has 1 N–H and O–H groups in total. The Morgan fingerprint density at radius 2 is 1.88 bits per heavy atom. The number of carbonyl (C=O) groups excluding carboxylic acids is 2. The van der Waals surface area contributed by atoms with Crippen molar-refractivity contribution in [3.8, 4) is 17.2 Å². The number of amides is 3. The molecule has 2 aliphatic heterocycles. The topological polar surface area (TPSA) is 67.9 Å². The summed E-state index contributed by atoms with van der Waals surface area (Å²) in [6, 6.07) is 11.8. The van der Waals surface area contributed by atoms with Gasteiger partial charge in [0.25, 0.3) is 5.91 Å². The number of rotatable bonds is 3. The standard InChI is InChI=1S/C20H20N2O4/c1-12-18(23)22(19(24)21-12)13-7-9-14(10-8-13)26-16-6-4-5-15-17(16)20(2,3)11-25-15/h4-10,12H,11H2,1-3H3,(H,21,24)/t12-/m1/s1. The van der Waals surface area contributed by atoms with Crippen LogP contribution in [0.4, 0.5) is 10.5 Å². The predicted molar refractivity (Wildman–Crippen MR) is 97.0 cm³/mol. The Morgan fingerprint density at radius 3 is 2.54 bits per heavy atom. The molecule has 0 aromatic heterocycles. The molecule has 0 saturated carbocycles. The second kappa shape index (κ2) is 5.76. The molecule has 2 aliphatic rings. The molecule has 0 unspecified atom stereocenters. The highest BCUT2D eigenvalue weighted by molar-refractivity contribution is 6.21. The second-order valence-corrected chi connectivity index (χ2v) is 7.24. The van der Waals surface area contributed by atoms with Gasteiger partial charge in [-0.1, -0.05) is 19.9 Å². The molecule has 0 bridgehead atoms. The lowest BCUT2D eigenvalue weighted by molar-refractivity contribution is -0.117. The van der Waals surface area contributed by atoms with Gasteiger partial charge in [-0.05, 0) is 43.3 Å². The highest BCUT2D eigenvalue weighted by atomic mass is 16.5. The Bertz CT molecular complexity index is 889. The molecule has 0 radical (unpaired) electrons. The summed E-state index contributed by atoms with van der Waals surface area (Å²) in [6.45, 7) is 6.52. The van der Waals surface area contributed by atoms with Crippen molar-refractivity contribution in [3.05, 3.63) is 48.0 Å². The lowest BCUT2D eigenvalue weighted by Crippen LogP contribution is -2.30. The van der Waals surface area contributed by atoms with Gasteiger partial charge in [0.05, 0.1) is 12.3 Å². The lowest BCUT2D eigenvalue weighted by Gasteiger charge is -2.19. The third-order valence-corrected chi connectivity index (χ3v) is 4.71. The average Bonchev–Trinajstić information content (AvgIpc) is 3.05. The highest BCUT2D eigenvalue weighted by Crippen LogP contribution is 2.45. The number of nitrogens with zero attached hydrogens (tertiary/aromatic N) is 1. The zero-order valence-corrected chi connectivity index (χ0v) is 14.9. The van der Waals surface area contributed by atoms with Crippen LogP contribution >= 0.6 is 0 Å². The van der Waals surface area contributed by atoms with E-state index in [0.717, 1.165) is 22.0 Å². The largest absolute Gasteiger partial charge is 0.492 e. The Balaban J connectivity index is 1.60. The third kappa shape index (κ3) is 2.58. The molecule has 0 aliphatic carbocycles. The van der Waals surface area contributed by atoms with Crippen LogP contribution in [0, 0.1) is 0 Å². The molecular formula is C20H20N2O4. The van der Waals surface area contributed by atoms with Gasteiger partial charge in [0.1, 0.15) is 23.3 Å². The third-order valence-electron chi connectivity index (χ3n) is 4.71. The van der Waals surface area contributed by atoms with Crippen LogP contribution < -0.4 is 19.7 Å². The normalized spacial score (nSPS) is 20.6. The molecule has 1 fully saturated rings. The van der Waals surface area contributed by atoms with Gasteiger partial charge in [-0.25, -0.2) is 9.69 Å². The molecule has 6 heteroatoms. The molecule has 3 amide bonds. The van der Waals surface area contributed by atoms with E-state index in [2.05, 4.69) is 19.2 Å². The number of imide groups is 1. The van der Waals surface area contributed by atoms with Crippen LogP contribution in [0.5, 0.6) is 17.2 Å². The van der Waals surface area contributed by atoms with E-state index in [9.17, 15) is 9.59 Å². The van der Waals surface area contributed by atoms with E-state index in [1.54, 1.807) is 31.2 Å². The maximum absolute atomic E-state index is 12.1. The number of fused-ring (bicyclic) bond motifs is 1. The quantitative estimate of drug-likeness (QED) is 0.857. The number of carbonyl (C=O) groups is 2. The van der Waals surface area contributed by atoms with Crippen molar-refractivity contribution < 1.29 is 19.1 Å². The van der Waals surface area contributed by atoms with Crippen molar-refractivity contribution in [3.63, 3.8) is 0 Å². The summed E-state index contributed by atoms with van der Waals surface area (Å²) in [4.78, 5) is 25.2. The molecule has 26 heavy (non-hydrogen) atoms. The monoisotopic (exact) mass is 352 g/mol. The second-order valence-electron chi connectivity index (χ2n) is 7.24. The fraction of sp³-hybridized carbons (Fsp3) is 0.300. The first kappa shape index (κ1) is 16.4. The maximum atomic E-state index is 12.1. The van der Waals surface area contributed by atoms with E-state index in [4.69, 9.17) is 9.47 Å². The van der Waals surface area contributed by atoms with Crippen molar-refractivity contribution in [2.24, 2.45) is 0 Å². The Labute approximate surface area is 151 Å². The minimum absolute atomic E-state index is 0.123. The Morgan fingerprint density at radius 1 is 1.15 bits per heavy atom. The molecule has 0 spiro atoms. The van der Waals surface area contributed by atoms with E-state index in [1.807, 2.05) is 18.2 Å². The van der Waals surface area contributed by atoms with Crippen molar-refractivity contribution in [2.45, 2.75) is 32.2 Å². The highest BCUT2D eigenvalue weighted by Gasteiger charge is 2.37. The summed E-state index contributed by atoms with van der Waals surface area (Å²) in [5, 5.41) is 2.60. The molecule has 1 atom stereocenters. The number of hydrogen-bond acceptors (Lipinski definition) is 4.